The van der Waals surface area contributed by atoms with Gasteiger partial charge in [0.2, 0.25) is 0 Å². The van der Waals surface area contributed by atoms with Crippen LogP contribution in [0.3, 0.4) is 0 Å². The first kappa shape index (κ1) is 31.0. The molecule has 0 aromatic heterocycles. The van der Waals surface area contributed by atoms with Crippen molar-refractivity contribution in [1.82, 2.24) is 5.32 Å². The first-order valence-electron chi connectivity index (χ1n) is 13.6. The second-order valence-electron chi connectivity index (χ2n) is 11.4. The monoisotopic (exact) mass is 483 g/mol. The van der Waals surface area contributed by atoms with E-state index in [9.17, 15) is 0 Å². The van der Waals surface area contributed by atoms with E-state index >= 15 is 0 Å². The number of benzene rings is 2. The van der Waals surface area contributed by atoms with Crippen LogP contribution in [0.25, 0.3) is 0 Å². The molecule has 0 amide bonds. The van der Waals surface area contributed by atoms with Crippen LogP contribution in [0, 0.1) is 17.3 Å². The molecule has 3 heteroatoms. The van der Waals surface area contributed by atoms with Gasteiger partial charge < -0.3 is 14.8 Å². The molecule has 2 aromatic carbocycles. The molecule has 1 N–H and O–H groups in total. The van der Waals surface area contributed by atoms with Crippen molar-refractivity contribution in [3.05, 3.63) is 59.7 Å². The van der Waals surface area contributed by atoms with Gasteiger partial charge in [-0.05, 0) is 65.6 Å². The Morgan fingerprint density at radius 2 is 1.17 bits per heavy atom. The molecule has 0 bridgehead atoms. The van der Waals surface area contributed by atoms with Crippen LogP contribution >= 0.6 is 0 Å². The summed E-state index contributed by atoms with van der Waals surface area (Å²) in [5, 5.41) is 3.51. The predicted octanol–water partition coefficient (Wildman–Crippen LogP) is 9.07. The number of rotatable bonds is 13. The molecular weight excluding hydrogens is 430 g/mol. The third-order valence-electron chi connectivity index (χ3n) is 6.41. The molecule has 198 valence electrons. The lowest BCUT2D eigenvalue weighted by atomic mass is 9.87. The van der Waals surface area contributed by atoms with Crippen molar-refractivity contribution in [2.45, 2.75) is 93.0 Å². The Kier molecular flexibility index (Phi) is 14.7. The Morgan fingerprint density at radius 1 is 0.714 bits per heavy atom. The van der Waals surface area contributed by atoms with Gasteiger partial charge in [0.15, 0.2) is 0 Å². The topological polar surface area (TPSA) is 30.5 Å². The standard InChI is InChI=1S/C17H21NO2.C15H32/c1-4-18-17(13-5-9-15(19-2)10-6-13)14-7-11-16(20-3)12-8-14;1-13(2)9-7-10-14(3)11-8-12-15(4,5)6/h5-12,17-18H,4H2,1-3H3;13-14H,7-12H2,1-6H3. The van der Waals surface area contributed by atoms with Crippen LogP contribution < -0.4 is 14.8 Å². The summed E-state index contributed by atoms with van der Waals surface area (Å²) in [5.74, 6) is 3.57. The van der Waals surface area contributed by atoms with E-state index in [1.165, 1.54) is 49.7 Å². The van der Waals surface area contributed by atoms with Crippen molar-refractivity contribution in [2.75, 3.05) is 20.8 Å². The summed E-state index contributed by atoms with van der Waals surface area (Å²) in [6, 6.07) is 16.5. The normalized spacial score (nSPS) is 12.3. The molecule has 2 aromatic rings. The average Bonchev–Trinajstić information content (AvgIpc) is 2.82. The summed E-state index contributed by atoms with van der Waals surface area (Å²) in [4.78, 5) is 0. The fraction of sp³-hybridized carbons (Fsp3) is 0.625. The van der Waals surface area contributed by atoms with E-state index in [2.05, 4.69) is 78.0 Å². The average molecular weight is 484 g/mol. The van der Waals surface area contributed by atoms with Crippen LogP contribution in [-0.4, -0.2) is 20.8 Å². The number of hydrogen-bond acceptors (Lipinski definition) is 3. The molecule has 0 radical (unpaired) electrons. The molecule has 2 rings (SSSR count). The summed E-state index contributed by atoms with van der Waals surface area (Å²) < 4.78 is 10.4. The fourth-order valence-corrected chi connectivity index (χ4v) is 4.22. The fourth-order valence-electron chi connectivity index (χ4n) is 4.22. The van der Waals surface area contributed by atoms with Crippen LogP contribution in [0.15, 0.2) is 48.5 Å². The van der Waals surface area contributed by atoms with Gasteiger partial charge >= 0.3 is 0 Å². The van der Waals surface area contributed by atoms with Crippen molar-refractivity contribution < 1.29 is 9.47 Å². The molecule has 0 heterocycles. The third-order valence-corrected chi connectivity index (χ3v) is 6.41. The molecule has 0 aliphatic rings. The number of ether oxygens (including phenoxy) is 2. The first-order valence-corrected chi connectivity index (χ1v) is 13.6. The summed E-state index contributed by atoms with van der Waals surface area (Å²) in [7, 11) is 3.36. The van der Waals surface area contributed by atoms with E-state index in [0.717, 1.165) is 29.9 Å². The second-order valence-corrected chi connectivity index (χ2v) is 11.4. The molecule has 0 fully saturated rings. The van der Waals surface area contributed by atoms with Crippen molar-refractivity contribution in [3.63, 3.8) is 0 Å². The summed E-state index contributed by atoms with van der Waals surface area (Å²) in [6.45, 7) is 17.1. The lowest BCUT2D eigenvalue weighted by Gasteiger charge is -2.19. The van der Waals surface area contributed by atoms with Crippen molar-refractivity contribution in [2.24, 2.45) is 17.3 Å². The zero-order chi connectivity index (χ0) is 26.3. The number of hydrogen-bond donors (Lipinski definition) is 1. The summed E-state index contributed by atoms with van der Waals surface area (Å²) in [5.41, 5.74) is 2.97. The maximum atomic E-state index is 5.21. The Morgan fingerprint density at radius 3 is 1.54 bits per heavy atom. The van der Waals surface area contributed by atoms with Crippen LogP contribution in [0.5, 0.6) is 11.5 Å². The molecule has 0 spiro atoms. The quantitative estimate of drug-likeness (QED) is 0.308. The highest BCUT2D eigenvalue weighted by molar-refractivity contribution is 5.37. The molecule has 1 atom stereocenters. The van der Waals surface area contributed by atoms with Crippen molar-refractivity contribution in [3.8, 4) is 11.5 Å². The van der Waals surface area contributed by atoms with Crippen LogP contribution in [0.1, 0.15) is 104 Å². The highest BCUT2D eigenvalue weighted by Crippen LogP contribution is 2.26. The summed E-state index contributed by atoms with van der Waals surface area (Å²) in [6.07, 6.45) is 8.48. The molecule has 1 unspecified atom stereocenters. The van der Waals surface area contributed by atoms with Gasteiger partial charge in [-0.3, -0.25) is 0 Å². The van der Waals surface area contributed by atoms with Crippen LogP contribution in [0.4, 0.5) is 0 Å². The molecular formula is C32H53NO2. The van der Waals surface area contributed by atoms with Gasteiger partial charge in [0.1, 0.15) is 11.5 Å². The van der Waals surface area contributed by atoms with Crippen molar-refractivity contribution in [1.29, 1.82) is 0 Å². The second kappa shape index (κ2) is 16.6. The van der Waals surface area contributed by atoms with Crippen LogP contribution in [0.2, 0.25) is 0 Å². The Labute approximate surface area is 217 Å². The van der Waals surface area contributed by atoms with Gasteiger partial charge in [-0.1, -0.05) is 105 Å². The predicted molar refractivity (Wildman–Crippen MR) is 153 cm³/mol. The van der Waals surface area contributed by atoms with E-state index in [1.54, 1.807) is 14.2 Å². The number of methoxy groups -OCH3 is 2. The number of nitrogens with one attached hydrogen (secondary N) is 1. The smallest absolute Gasteiger partial charge is 0.118 e. The van der Waals surface area contributed by atoms with Gasteiger partial charge in [0.05, 0.1) is 20.3 Å². The minimum atomic E-state index is 0.178. The first-order chi connectivity index (χ1) is 16.6. The minimum absolute atomic E-state index is 0.178. The highest BCUT2D eigenvalue weighted by atomic mass is 16.5. The maximum absolute atomic E-state index is 5.21. The van der Waals surface area contributed by atoms with Gasteiger partial charge in [-0.25, -0.2) is 0 Å². The Hall–Kier alpha value is -2.00. The lowest BCUT2D eigenvalue weighted by molar-refractivity contribution is 0.334. The van der Waals surface area contributed by atoms with E-state index in [-0.39, 0.29) is 6.04 Å². The zero-order valence-corrected chi connectivity index (χ0v) is 24.1. The van der Waals surface area contributed by atoms with Gasteiger partial charge in [0, 0.05) is 0 Å². The van der Waals surface area contributed by atoms with Gasteiger partial charge in [-0.2, -0.15) is 0 Å². The molecule has 0 aliphatic heterocycles. The van der Waals surface area contributed by atoms with E-state index in [0.29, 0.717) is 5.41 Å². The third kappa shape index (κ3) is 13.6. The molecule has 0 saturated heterocycles. The molecule has 35 heavy (non-hydrogen) atoms. The lowest BCUT2D eigenvalue weighted by Crippen LogP contribution is -2.21. The van der Waals surface area contributed by atoms with Crippen LogP contribution in [-0.2, 0) is 0 Å². The molecule has 3 nitrogen and oxygen atoms in total. The SMILES string of the molecule is CC(C)CCCC(C)CCCC(C)(C)C.CCNC(c1ccc(OC)cc1)c1ccc(OC)cc1. The van der Waals surface area contributed by atoms with E-state index in [1.807, 2.05) is 24.3 Å². The van der Waals surface area contributed by atoms with E-state index in [4.69, 9.17) is 9.47 Å². The minimum Gasteiger partial charge on any atom is -0.497 e. The highest BCUT2D eigenvalue weighted by Gasteiger charge is 2.13. The Bertz CT molecular complexity index is 727. The summed E-state index contributed by atoms with van der Waals surface area (Å²) >= 11 is 0. The molecule has 0 aliphatic carbocycles. The maximum Gasteiger partial charge on any atom is 0.118 e. The Balaban J connectivity index is 0.000000367. The van der Waals surface area contributed by atoms with Crippen molar-refractivity contribution >= 4 is 0 Å². The van der Waals surface area contributed by atoms with E-state index < -0.39 is 0 Å². The van der Waals surface area contributed by atoms with Gasteiger partial charge in [-0.15, -0.1) is 0 Å². The largest absolute Gasteiger partial charge is 0.497 e. The zero-order valence-electron chi connectivity index (χ0n) is 24.1. The van der Waals surface area contributed by atoms with Gasteiger partial charge in [0.25, 0.3) is 0 Å². The molecule has 0 saturated carbocycles.